The predicted molar refractivity (Wildman–Crippen MR) is 89.6 cm³/mol. The molecule has 0 aliphatic carbocycles. The van der Waals surface area contributed by atoms with E-state index in [1.807, 2.05) is 30.3 Å². The van der Waals surface area contributed by atoms with Crippen molar-refractivity contribution in [3.8, 4) is 5.75 Å². The van der Waals surface area contributed by atoms with Crippen molar-refractivity contribution in [3.63, 3.8) is 0 Å². The highest BCUT2D eigenvalue weighted by Crippen LogP contribution is 2.17. The molecule has 0 fully saturated rings. The second-order valence-electron chi connectivity index (χ2n) is 5.05. The minimum atomic E-state index is -0.479. The average Bonchev–Trinajstić information content (AvgIpc) is 2.59. The van der Waals surface area contributed by atoms with Crippen LogP contribution in [-0.2, 0) is 9.53 Å². The highest BCUT2D eigenvalue weighted by Gasteiger charge is 2.09. The van der Waals surface area contributed by atoms with Crippen LogP contribution in [0.25, 0.3) is 6.08 Å². The zero-order valence-electron chi connectivity index (χ0n) is 13.1. The Hall–Kier alpha value is -3.15. The molecule has 0 N–H and O–H groups in total. The number of carbonyl (C=O) groups excluding carboxylic acids is 1. The number of non-ortho nitro benzene ring substituents is 1. The summed E-state index contributed by atoms with van der Waals surface area (Å²) < 4.78 is 10.6. The molecule has 2 aromatic carbocycles. The number of nitro groups is 1. The van der Waals surface area contributed by atoms with E-state index < -0.39 is 17.0 Å². The van der Waals surface area contributed by atoms with Crippen molar-refractivity contribution in [2.24, 2.45) is 0 Å². The van der Waals surface area contributed by atoms with E-state index in [1.165, 1.54) is 30.3 Å². The molecule has 6 heteroatoms. The molecule has 0 aliphatic heterocycles. The van der Waals surface area contributed by atoms with Gasteiger partial charge in [0.05, 0.1) is 4.92 Å². The van der Waals surface area contributed by atoms with E-state index >= 15 is 0 Å². The van der Waals surface area contributed by atoms with Gasteiger partial charge in [0, 0.05) is 18.2 Å². The van der Waals surface area contributed by atoms with Gasteiger partial charge in [0.15, 0.2) is 0 Å². The van der Waals surface area contributed by atoms with Gasteiger partial charge in [0.25, 0.3) is 5.69 Å². The molecule has 0 saturated heterocycles. The molecule has 1 atom stereocenters. The summed E-state index contributed by atoms with van der Waals surface area (Å²) in [7, 11) is 0. The highest BCUT2D eigenvalue weighted by molar-refractivity contribution is 5.87. The third kappa shape index (κ3) is 5.57. The molecule has 0 aromatic heterocycles. The van der Waals surface area contributed by atoms with Gasteiger partial charge in [-0.2, -0.15) is 0 Å². The lowest BCUT2D eigenvalue weighted by Crippen LogP contribution is -2.20. The van der Waals surface area contributed by atoms with Gasteiger partial charge in [-0.15, -0.1) is 0 Å². The number of ether oxygens (including phenoxy) is 2. The average molecular weight is 327 g/mol. The molecule has 0 saturated carbocycles. The van der Waals surface area contributed by atoms with Crippen LogP contribution in [0.15, 0.2) is 60.7 Å². The molecule has 1 unspecified atom stereocenters. The maximum Gasteiger partial charge on any atom is 0.331 e. The number of benzene rings is 2. The predicted octanol–water partition coefficient (Wildman–Crippen LogP) is 3.62. The molecule has 0 spiro atoms. The van der Waals surface area contributed by atoms with Crippen LogP contribution in [-0.4, -0.2) is 23.6 Å². The first-order valence-electron chi connectivity index (χ1n) is 7.35. The largest absolute Gasteiger partial charge is 0.490 e. The standard InChI is InChI=1S/C18H17NO5/c1-14(13-23-17-10-8-16(9-11-17)19(21)22)24-18(20)12-7-15-5-3-2-4-6-15/h2-12,14H,13H2,1H3/b12-7+. The van der Waals surface area contributed by atoms with E-state index in [2.05, 4.69) is 0 Å². The molecule has 2 rings (SSSR count). The number of carbonyl (C=O) groups is 1. The van der Waals surface area contributed by atoms with Gasteiger partial charge >= 0.3 is 5.97 Å². The summed E-state index contributed by atoms with van der Waals surface area (Å²) in [6.07, 6.45) is 2.58. The van der Waals surface area contributed by atoms with Crippen molar-refractivity contribution in [2.45, 2.75) is 13.0 Å². The van der Waals surface area contributed by atoms with Crippen LogP contribution in [0.5, 0.6) is 5.75 Å². The van der Waals surface area contributed by atoms with Gasteiger partial charge in [0.2, 0.25) is 0 Å². The Kier molecular flexibility index (Phi) is 6.08. The zero-order valence-corrected chi connectivity index (χ0v) is 13.1. The SMILES string of the molecule is CC(COc1ccc([N+](=O)[O-])cc1)OC(=O)/C=C/c1ccccc1. The molecule has 24 heavy (non-hydrogen) atoms. The first kappa shape index (κ1) is 17.2. The molecule has 0 amide bonds. The summed E-state index contributed by atoms with van der Waals surface area (Å²) in [5.74, 6) is 0.0157. The Bertz CT molecular complexity index is 710. The summed E-state index contributed by atoms with van der Waals surface area (Å²) in [5.41, 5.74) is 0.900. The maximum absolute atomic E-state index is 11.7. The lowest BCUT2D eigenvalue weighted by molar-refractivity contribution is -0.384. The highest BCUT2D eigenvalue weighted by atomic mass is 16.6. The Morgan fingerprint density at radius 3 is 2.46 bits per heavy atom. The van der Waals surface area contributed by atoms with Gasteiger partial charge in [-0.3, -0.25) is 10.1 Å². The van der Waals surface area contributed by atoms with Crippen molar-refractivity contribution >= 4 is 17.7 Å². The topological polar surface area (TPSA) is 78.7 Å². The maximum atomic E-state index is 11.7. The Balaban J connectivity index is 1.78. The lowest BCUT2D eigenvalue weighted by Gasteiger charge is -2.13. The fourth-order valence-corrected chi connectivity index (χ4v) is 1.88. The number of nitro benzene ring substituents is 1. The van der Waals surface area contributed by atoms with Crippen LogP contribution in [0.3, 0.4) is 0 Å². The first-order chi connectivity index (χ1) is 11.5. The smallest absolute Gasteiger partial charge is 0.331 e. The summed E-state index contributed by atoms with van der Waals surface area (Å²) in [4.78, 5) is 21.8. The van der Waals surface area contributed by atoms with E-state index in [-0.39, 0.29) is 12.3 Å². The fourth-order valence-electron chi connectivity index (χ4n) is 1.88. The third-order valence-electron chi connectivity index (χ3n) is 3.06. The molecule has 0 radical (unpaired) electrons. The van der Waals surface area contributed by atoms with Gasteiger partial charge in [-0.1, -0.05) is 30.3 Å². The third-order valence-corrected chi connectivity index (χ3v) is 3.06. The van der Waals surface area contributed by atoms with Crippen LogP contribution in [0, 0.1) is 10.1 Å². The fraction of sp³-hybridized carbons (Fsp3) is 0.167. The van der Waals surface area contributed by atoms with Crippen molar-refractivity contribution < 1.29 is 19.2 Å². The minimum absolute atomic E-state index is 0.00660. The van der Waals surface area contributed by atoms with E-state index in [0.29, 0.717) is 5.75 Å². The van der Waals surface area contributed by atoms with Crippen molar-refractivity contribution in [1.82, 2.24) is 0 Å². The molecule has 2 aromatic rings. The van der Waals surface area contributed by atoms with Crippen molar-refractivity contribution in [1.29, 1.82) is 0 Å². The van der Waals surface area contributed by atoms with Gasteiger partial charge in [-0.25, -0.2) is 4.79 Å². The number of esters is 1. The molecule has 0 heterocycles. The van der Waals surface area contributed by atoms with Crippen LogP contribution >= 0.6 is 0 Å². The Morgan fingerprint density at radius 2 is 1.83 bits per heavy atom. The molecular formula is C18H17NO5. The second-order valence-corrected chi connectivity index (χ2v) is 5.05. The van der Waals surface area contributed by atoms with Gasteiger partial charge < -0.3 is 9.47 Å². The quantitative estimate of drug-likeness (QED) is 0.336. The minimum Gasteiger partial charge on any atom is -0.490 e. The molecule has 6 nitrogen and oxygen atoms in total. The Morgan fingerprint density at radius 1 is 1.17 bits per heavy atom. The number of hydrogen-bond donors (Lipinski definition) is 0. The number of hydrogen-bond acceptors (Lipinski definition) is 5. The zero-order chi connectivity index (χ0) is 17.4. The number of rotatable bonds is 7. The monoisotopic (exact) mass is 327 g/mol. The van der Waals surface area contributed by atoms with Crippen LogP contribution in [0.4, 0.5) is 5.69 Å². The molecular weight excluding hydrogens is 310 g/mol. The van der Waals surface area contributed by atoms with E-state index in [4.69, 9.17) is 9.47 Å². The van der Waals surface area contributed by atoms with E-state index in [9.17, 15) is 14.9 Å². The summed E-state index contributed by atoms with van der Waals surface area (Å²) in [5, 5.41) is 10.6. The first-order valence-corrected chi connectivity index (χ1v) is 7.35. The molecule has 0 bridgehead atoms. The molecule has 0 aliphatic rings. The Labute approximate surface area is 139 Å². The van der Waals surface area contributed by atoms with Crippen LogP contribution < -0.4 is 4.74 Å². The summed E-state index contributed by atoms with van der Waals surface area (Å²) >= 11 is 0. The lowest BCUT2D eigenvalue weighted by atomic mass is 10.2. The van der Waals surface area contributed by atoms with Crippen molar-refractivity contribution in [2.75, 3.05) is 6.61 Å². The molecule has 124 valence electrons. The van der Waals surface area contributed by atoms with Gasteiger partial charge in [-0.05, 0) is 30.7 Å². The second kappa shape index (κ2) is 8.47. The number of nitrogens with zero attached hydrogens (tertiary/aromatic N) is 1. The van der Waals surface area contributed by atoms with E-state index in [1.54, 1.807) is 13.0 Å². The summed E-state index contributed by atoms with van der Waals surface area (Å²) in [6, 6.07) is 15.1. The normalized spacial score (nSPS) is 11.9. The van der Waals surface area contributed by atoms with Crippen LogP contribution in [0.1, 0.15) is 12.5 Å². The van der Waals surface area contributed by atoms with Gasteiger partial charge in [0.1, 0.15) is 18.5 Å². The van der Waals surface area contributed by atoms with Crippen LogP contribution in [0.2, 0.25) is 0 Å². The van der Waals surface area contributed by atoms with Crippen molar-refractivity contribution in [3.05, 3.63) is 76.4 Å². The van der Waals surface area contributed by atoms with E-state index in [0.717, 1.165) is 5.56 Å². The summed E-state index contributed by atoms with van der Waals surface area (Å²) in [6.45, 7) is 1.86.